The Balaban J connectivity index is 1.83. The molecule has 0 saturated carbocycles. The molecule has 0 unspecified atom stereocenters. The fraction of sp³-hybridized carbons (Fsp3) is 0.214. The Bertz CT molecular complexity index is 576. The molecule has 0 fully saturated rings. The van der Waals surface area contributed by atoms with E-state index in [0.717, 1.165) is 4.88 Å². The maximum absolute atomic E-state index is 12.3. The van der Waals surface area contributed by atoms with Crippen LogP contribution in [0.4, 0.5) is 13.6 Å². The minimum atomic E-state index is -2.89. The van der Waals surface area contributed by atoms with Crippen LogP contribution in [-0.2, 0) is 13.1 Å². The van der Waals surface area contributed by atoms with E-state index in [2.05, 4.69) is 15.4 Å². The van der Waals surface area contributed by atoms with Crippen molar-refractivity contribution in [1.82, 2.24) is 10.6 Å². The summed E-state index contributed by atoms with van der Waals surface area (Å²) in [4.78, 5) is 12.7. The van der Waals surface area contributed by atoms with Gasteiger partial charge in [-0.15, -0.1) is 11.3 Å². The Morgan fingerprint density at radius 3 is 2.62 bits per heavy atom. The molecule has 112 valence electrons. The van der Waals surface area contributed by atoms with Crippen molar-refractivity contribution in [2.45, 2.75) is 19.7 Å². The van der Waals surface area contributed by atoms with Gasteiger partial charge in [-0.25, -0.2) is 4.79 Å². The van der Waals surface area contributed by atoms with Crippen LogP contribution in [0.25, 0.3) is 0 Å². The van der Waals surface area contributed by atoms with Crippen molar-refractivity contribution >= 4 is 17.4 Å². The van der Waals surface area contributed by atoms with Crippen LogP contribution in [0.5, 0.6) is 5.75 Å². The van der Waals surface area contributed by atoms with Crippen molar-refractivity contribution < 1.29 is 18.3 Å². The molecule has 0 atom stereocenters. The minimum Gasteiger partial charge on any atom is -0.434 e. The molecule has 7 heteroatoms. The van der Waals surface area contributed by atoms with E-state index in [1.54, 1.807) is 29.5 Å². The maximum Gasteiger partial charge on any atom is 0.387 e. The number of benzene rings is 1. The Kier molecular flexibility index (Phi) is 5.51. The van der Waals surface area contributed by atoms with Crippen LogP contribution < -0.4 is 15.4 Å². The van der Waals surface area contributed by atoms with Gasteiger partial charge in [0.15, 0.2) is 0 Å². The molecule has 0 spiro atoms. The lowest BCUT2D eigenvalue weighted by Gasteiger charge is -2.11. The number of hydrogen-bond acceptors (Lipinski definition) is 3. The van der Waals surface area contributed by atoms with E-state index in [-0.39, 0.29) is 18.3 Å². The Labute approximate surface area is 124 Å². The number of alkyl halides is 2. The second kappa shape index (κ2) is 7.58. The molecule has 21 heavy (non-hydrogen) atoms. The first kappa shape index (κ1) is 15.2. The predicted molar refractivity (Wildman–Crippen MR) is 76.5 cm³/mol. The number of ether oxygens (including phenoxy) is 1. The molecule has 0 bridgehead atoms. The van der Waals surface area contributed by atoms with E-state index in [9.17, 15) is 13.6 Å². The summed E-state index contributed by atoms with van der Waals surface area (Å²) >= 11 is 1.54. The number of nitrogens with one attached hydrogen (secondary N) is 2. The number of urea groups is 1. The minimum absolute atomic E-state index is 0.0612. The number of para-hydroxylation sites is 1. The third-order valence-electron chi connectivity index (χ3n) is 2.63. The van der Waals surface area contributed by atoms with E-state index in [1.807, 2.05) is 17.5 Å². The number of rotatable bonds is 6. The zero-order valence-electron chi connectivity index (χ0n) is 11.0. The number of hydrogen-bond donors (Lipinski definition) is 2. The molecule has 0 aliphatic carbocycles. The zero-order chi connectivity index (χ0) is 15.1. The SMILES string of the molecule is O=C(NCc1cccs1)NCc1ccccc1OC(F)F. The van der Waals surface area contributed by atoms with Gasteiger partial charge in [-0.1, -0.05) is 24.3 Å². The number of carbonyl (C=O) groups is 1. The molecule has 0 radical (unpaired) electrons. The third kappa shape index (κ3) is 5.03. The zero-order valence-corrected chi connectivity index (χ0v) is 11.8. The van der Waals surface area contributed by atoms with Gasteiger partial charge in [0.1, 0.15) is 5.75 Å². The lowest BCUT2D eigenvalue weighted by Crippen LogP contribution is -2.34. The second-order valence-electron chi connectivity index (χ2n) is 4.10. The summed E-state index contributed by atoms with van der Waals surface area (Å²) in [5.74, 6) is 0.0612. The van der Waals surface area contributed by atoms with Gasteiger partial charge >= 0.3 is 12.6 Å². The van der Waals surface area contributed by atoms with Crippen molar-refractivity contribution in [2.75, 3.05) is 0 Å². The molecular formula is C14H14F2N2O2S. The van der Waals surface area contributed by atoms with Crippen LogP contribution in [0.15, 0.2) is 41.8 Å². The lowest BCUT2D eigenvalue weighted by molar-refractivity contribution is -0.0504. The first-order chi connectivity index (χ1) is 10.1. The molecule has 2 amide bonds. The average molecular weight is 312 g/mol. The van der Waals surface area contributed by atoms with Crippen LogP contribution in [0.1, 0.15) is 10.4 Å². The molecule has 4 nitrogen and oxygen atoms in total. The normalized spacial score (nSPS) is 10.4. The third-order valence-corrected chi connectivity index (χ3v) is 3.51. The van der Waals surface area contributed by atoms with Crippen molar-refractivity contribution in [1.29, 1.82) is 0 Å². The molecule has 1 aromatic carbocycles. The van der Waals surface area contributed by atoms with Gasteiger partial charge in [-0.3, -0.25) is 0 Å². The highest BCUT2D eigenvalue weighted by atomic mass is 32.1. The predicted octanol–water partition coefficient (Wildman–Crippen LogP) is 3.35. The highest BCUT2D eigenvalue weighted by molar-refractivity contribution is 7.09. The number of carbonyl (C=O) groups excluding carboxylic acids is 1. The Morgan fingerprint density at radius 1 is 1.14 bits per heavy atom. The van der Waals surface area contributed by atoms with Crippen LogP contribution in [0.3, 0.4) is 0 Å². The summed E-state index contributed by atoms with van der Waals surface area (Å²) in [6.45, 7) is -2.35. The molecular weight excluding hydrogens is 298 g/mol. The van der Waals surface area contributed by atoms with Gasteiger partial charge in [0.25, 0.3) is 0 Å². The largest absolute Gasteiger partial charge is 0.434 e. The smallest absolute Gasteiger partial charge is 0.387 e. The van der Waals surface area contributed by atoms with Gasteiger partial charge in [0.2, 0.25) is 0 Å². The number of amides is 2. The van der Waals surface area contributed by atoms with E-state index < -0.39 is 6.61 Å². The van der Waals surface area contributed by atoms with Gasteiger partial charge in [-0.05, 0) is 17.5 Å². The van der Waals surface area contributed by atoms with Crippen LogP contribution in [-0.4, -0.2) is 12.6 Å². The van der Waals surface area contributed by atoms with E-state index in [0.29, 0.717) is 12.1 Å². The monoisotopic (exact) mass is 312 g/mol. The quantitative estimate of drug-likeness (QED) is 0.859. The van der Waals surface area contributed by atoms with Gasteiger partial charge in [0.05, 0.1) is 6.54 Å². The molecule has 1 heterocycles. The average Bonchev–Trinajstić information content (AvgIpc) is 2.97. The summed E-state index contributed by atoms with van der Waals surface area (Å²) in [5, 5.41) is 7.22. The first-order valence-corrected chi connectivity index (χ1v) is 7.10. The fourth-order valence-electron chi connectivity index (χ4n) is 1.68. The number of thiophene rings is 1. The van der Waals surface area contributed by atoms with Gasteiger partial charge in [0, 0.05) is 17.0 Å². The standard InChI is InChI=1S/C14H14F2N2O2S/c15-13(16)20-12-6-2-1-4-10(12)8-17-14(19)18-9-11-5-3-7-21-11/h1-7,13H,8-9H2,(H2,17,18,19). The van der Waals surface area contributed by atoms with Gasteiger partial charge < -0.3 is 15.4 Å². The number of halogens is 2. The van der Waals surface area contributed by atoms with Crippen molar-refractivity contribution in [2.24, 2.45) is 0 Å². The topological polar surface area (TPSA) is 50.4 Å². The first-order valence-electron chi connectivity index (χ1n) is 6.22. The summed E-state index contributed by atoms with van der Waals surface area (Å²) in [6.07, 6.45) is 0. The molecule has 0 aliphatic rings. The van der Waals surface area contributed by atoms with Crippen LogP contribution in [0.2, 0.25) is 0 Å². The summed E-state index contributed by atoms with van der Waals surface area (Å²) in [5.41, 5.74) is 0.490. The van der Waals surface area contributed by atoms with Crippen LogP contribution >= 0.6 is 11.3 Å². The summed E-state index contributed by atoms with van der Waals surface area (Å²) in [6, 6.07) is 9.80. The lowest BCUT2D eigenvalue weighted by atomic mass is 10.2. The molecule has 1 aromatic heterocycles. The molecule has 0 aliphatic heterocycles. The summed E-state index contributed by atoms with van der Waals surface area (Å²) in [7, 11) is 0. The molecule has 0 saturated heterocycles. The second-order valence-corrected chi connectivity index (χ2v) is 5.13. The van der Waals surface area contributed by atoms with E-state index >= 15 is 0 Å². The van der Waals surface area contributed by atoms with Crippen molar-refractivity contribution in [3.8, 4) is 5.75 Å². The highest BCUT2D eigenvalue weighted by Gasteiger charge is 2.09. The Morgan fingerprint density at radius 2 is 1.90 bits per heavy atom. The van der Waals surface area contributed by atoms with Crippen LogP contribution in [0, 0.1) is 0 Å². The van der Waals surface area contributed by atoms with E-state index in [4.69, 9.17) is 0 Å². The highest BCUT2D eigenvalue weighted by Crippen LogP contribution is 2.19. The fourth-order valence-corrected chi connectivity index (χ4v) is 2.32. The Hall–Kier alpha value is -2.15. The van der Waals surface area contributed by atoms with Gasteiger partial charge in [-0.2, -0.15) is 8.78 Å². The molecule has 2 aromatic rings. The summed E-state index contributed by atoms with van der Waals surface area (Å²) < 4.78 is 28.9. The van der Waals surface area contributed by atoms with E-state index in [1.165, 1.54) is 6.07 Å². The van der Waals surface area contributed by atoms with Crippen molar-refractivity contribution in [3.63, 3.8) is 0 Å². The molecule has 2 rings (SSSR count). The maximum atomic E-state index is 12.3. The molecule has 2 N–H and O–H groups in total. The van der Waals surface area contributed by atoms with Crippen molar-refractivity contribution in [3.05, 3.63) is 52.2 Å².